The van der Waals surface area contributed by atoms with Crippen molar-refractivity contribution in [1.29, 1.82) is 0 Å². The first kappa shape index (κ1) is 21.9. The van der Waals surface area contributed by atoms with Gasteiger partial charge < -0.3 is 14.0 Å². The predicted molar refractivity (Wildman–Crippen MR) is 121 cm³/mol. The first-order valence-corrected chi connectivity index (χ1v) is 10.5. The Balaban J connectivity index is 1.80. The van der Waals surface area contributed by atoms with Crippen molar-refractivity contribution in [3.63, 3.8) is 0 Å². The van der Waals surface area contributed by atoms with E-state index in [-0.39, 0.29) is 22.6 Å². The number of carbonyl (C=O) groups excluding carboxylic acids is 2. The van der Waals surface area contributed by atoms with Crippen LogP contribution in [-0.2, 0) is 16.1 Å². The largest absolute Gasteiger partial charge is 0.468 e. The Bertz CT molecular complexity index is 1430. The molecule has 0 saturated heterocycles. The molecule has 0 bridgehead atoms. The van der Waals surface area contributed by atoms with Gasteiger partial charge in [-0.15, -0.1) is 0 Å². The fraction of sp³-hybridized carbons (Fsp3) is 0.0870. The van der Waals surface area contributed by atoms with E-state index >= 15 is 0 Å². The Morgan fingerprint density at radius 2 is 1.79 bits per heavy atom. The molecular weight excluding hydrogens is 446 g/mol. The van der Waals surface area contributed by atoms with Gasteiger partial charge in [-0.2, -0.15) is 4.99 Å². The van der Waals surface area contributed by atoms with Crippen molar-refractivity contribution in [2.75, 3.05) is 7.11 Å². The molecule has 1 heterocycles. The van der Waals surface area contributed by atoms with Gasteiger partial charge in [0.1, 0.15) is 18.0 Å². The Hall–Kier alpha value is -4.31. The standard InChI is InChI=1S/C23H17N3O6S/c1-31-21(27)14-25-18-12-11-15(26(29)30)13-20(18)33-23(25)24-22(28)17-9-5-6-10-19(17)32-16-7-3-2-4-8-16/h2-13H,14H2,1H3. The summed E-state index contributed by atoms with van der Waals surface area (Å²) in [4.78, 5) is 40.1. The molecule has 10 heteroatoms. The molecule has 33 heavy (non-hydrogen) atoms. The summed E-state index contributed by atoms with van der Waals surface area (Å²) >= 11 is 1.06. The number of nitro groups is 1. The van der Waals surface area contributed by atoms with Crippen LogP contribution in [0.1, 0.15) is 10.4 Å². The zero-order valence-corrected chi connectivity index (χ0v) is 18.2. The maximum absolute atomic E-state index is 13.1. The molecule has 3 aromatic carbocycles. The van der Waals surface area contributed by atoms with E-state index in [4.69, 9.17) is 9.47 Å². The van der Waals surface area contributed by atoms with Gasteiger partial charge in [0.25, 0.3) is 11.6 Å². The van der Waals surface area contributed by atoms with E-state index in [2.05, 4.69) is 4.99 Å². The lowest BCUT2D eigenvalue weighted by Gasteiger charge is -2.08. The number of methoxy groups -OCH3 is 1. The second-order valence-electron chi connectivity index (χ2n) is 6.78. The van der Waals surface area contributed by atoms with E-state index in [0.29, 0.717) is 21.7 Å². The van der Waals surface area contributed by atoms with Gasteiger partial charge in [0, 0.05) is 12.1 Å². The SMILES string of the molecule is COC(=O)Cn1c(=NC(=O)c2ccccc2Oc2ccccc2)sc2cc([N+](=O)[O-])ccc21. The number of ether oxygens (including phenoxy) is 2. The molecule has 0 aliphatic carbocycles. The van der Waals surface area contributed by atoms with E-state index in [1.54, 1.807) is 36.4 Å². The molecule has 0 aliphatic rings. The molecule has 0 fully saturated rings. The second-order valence-corrected chi connectivity index (χ2v) is 7.79. The van der Waals surface area contributed by atoms with Crippen molar-refractivity contribution in [3.05, 3.63) is 93.3 Å². The number of nitro benzene ring substituents is 1. The summed E-state index contributed by atoms with van der Waals surface area (Å²) in [6, 6.07) is 19.9. The van der Waals surface area contributed by atoms with E-state index in [9.17, 15) is 19.7 Å². The molecule has 0 aliphatic heterocycles. The topological polar surface area (TPSA) is 113 Å². The molecule has 0 spiro atoms. The number of hydrogen-bond acceptors (Lipinski definition) is 7. The van der Waals surface area contributed by atoms with Crippen LogP contribution in [0.3, 0.4) is 0 Å². The Kier molecular flexibility index (Phi) is 6.27. The Labute approximate surface area is 191 Å². The molecule has 0 N–H and O–H groups in total. The average Bonchev–Trinajstić information content (AvgIpc) is 3.15. The van der Waals surface area contributed by atoms with Gasteiger partial charge in [-0.05, 0) is 30.3 Å². The lowest BCUT2D eigenvalue weighted by atomic mass is 10.2. The van der Waals surface area contributed by atoms with Gasteiger partial charge in [-0.3, -0.25) is 19.7 Å². The lowest BCUT2D eigenvalue weighted by molar-refractivity contribution is -0.384. The zero-order valence-electron chi connectivity index (χ0n) is 17.3. The number of benzene rings is 3. The number of thiazole rings is 1. The summed E-state index contributed by atoms with van der Waals surface area (Å²) in [6.45, 7) is -0.206. The van der Waals surface area contributed by atoms with Gasteiger partial charge in [0.15, 0.2) is 4.80 Å². The third-order valence-electron chi connectivity index (χ3n) is 4.68. The van der Waals surface area contributed by atoms with Gasteiger partial charge in [0.05, 0.1) is 27.8 Å². The van der Waals surface area contributed by atoms with Crippen LogP contribution < -0.4 is 9.54 Å². The number of hydrogen-bond donors (Lipinski definition) is 0. The molecule has 0 radical (unpaired) electrons. The highest BCUT2D eigenvalue weighted by Gasteiger charge is 2.17. The third kappa shape index (κ3) is 4.80. The summed E-state index contributed by atoms with van der Waals surface area (Å²) in [5, 5.41) is 11.1. The lowest BCUT2D eigenvalue weighted by Crippen LogP contribution is -2.22. The molecule has 166 valence electrons. The van der Waals surface area contributed by atoms with E-state index in [1.807, 2.05) is 18.2 Å². The quantitative estimate of drug-likeness (QED) is 0.239. The highest BCUT2D eigenvalue weighted by Crippen LogP contribution is 2.26. The summed E-state index contributed by atoms with van der Waals surface area (Å²) in [7, 11) is 1.25. The Morgan fingerprint density at radius 1 is 1.06 bits per heavy atom. The summed E-state index contributed by atoms with van der Waals surface area (Å²) in [5.74, 6) is -0.239. The number of amides is 1. The van der Waals surface area contributed by atoms with E-state index < -0.39 is 16.8 Å². The number of para-hydroxylation sites is 2. The molecule has 0 unspecified atom stereocenters. The number of esters is 1. The zero-order chi connectivity index (χ0) is 23.4. The van der Waals surface area contributed by atoms with Crippen molar-refractivity contribution in [1.82, 2.24) is 4.57 Å². The minimum Gasteiger partial charge on any atom is -0.468 e. The van der Waals surface area contributed by atoms with Crippen molar-refractivity contribution < 1.29 is 24.0 Å². The first-order chi connectivity index (χ1) is 16.0. The highest BCUT2D eigenvalue weighted by molar-refractivity contribution is 7.16. The van der Waals surface area contributed by atoms with Crippen molar-refractivity contribution >= 4 is 39.1 Å². The van der Waals surface area contributed by atoms with Crippen LogP contribution in [0.4, 0.5) is 5.69 Å². The Morgan fingerprint density at radius 3 is 2.52 bits per heavy atom. The number of carbonyl (C=O) groups is 2. The fourth-order valence-electron chi connectivity index (χ4n) is 3.10. The predicted octanol–water partition coefficient (Wildman–Crippen LogP) is 4.32. The van der Waals surface area contributed by atoms with Crippen LogP contribution in [0.25, 0.3) is 10.2 Å². The molecule has 4 rings (SSSR count). The summed E-state index contributed by atoms with van der Waals surface area (Å²) in [6.07, 6.45) is 0. The monoisotopic (exact) mass is 463 g/mol. The van der Waals surface area contributed by atoms with E-state index in [0.717, 1.165) is 11.3 Å². The summed E-state index contributed by atoms with van der Waals surface area (Å²) in [5.41, 5.74) is 0.652. The van der Waals surface area contributed by atoms with E-state index in [1.165, 1.54) is 29.9 Å². The second kappa shape index (κ2) is 9.45. The smallest absolute Gasteiger partial charge is 0.325 e. The number of non-ortho nitro benzene ring substituents is 1. The average molecular weight is 463 g/mol. The van der Waals surface area contributed by atoms with Crippen molar-refractivity contribution in [3.8, 4) is 11.5 Å². The van der Waals surface area contributed by atoms with Crippen LogP contribution in [0, 0.1) is 10.1 Å². The third-order valence-corrected chi connectivity index (χ3v) is 5.72. The van der Waals surface area contributed by atoms with Crippen LogP contribution in [-0.4, -0.2) is 28.5 Å². The van der Waals surface area contributed by atoms with Crippen molar-refractivity contribution in [2.45, 2.75) is 6.54 Å². The van der Waals surface area contributed by atoms with Crippen LogP contribution >= 0.6 is 11.3 Å². The van der Waals surface area contributed by atoms with Gasteiger partial charge >= 0.3 is 5.97 Å². The number of fused-ring (bicyclic) bond motifs is 1. The maximum atomic E-state index is 13.1. The fourth-order valence-corrected chi connectivity index (χ4v) is 4.16. The van der Waals surface area contributed by atoms with Crippen LogP contribution in [0.15, 0.2) is 77.8 Å². The number of rotatable bonds is 6. The molecule has 1 amide bonds. The molecule has 0 saturated carbocycles. The molecule has 0 atom stereocenters. The van der Waals surface area contributed by atoms with Gasteiger partial charge in [0.2, 0.25) is 0 Å². The van der Waals surface area contributed by atoms with Crippen LogP contribution in [0.5, 0.6) is 11.5 Å². The molecule has 9 nitrogen and oxygen atoms in total. The number of aromatic nitrogens is 1. The number of nitrogens with zero attached hydrogens (tertiary/aromatic N) is 3. The molecule has 1 aromatic heterocycles. The van der Waals surface area contributed by atoms with Crippen LogP contribution in [0.2, 0.25) is 0 Å². The highest BCUT2D eigenvalue weighted by atomic mass is 32.1. The molecular formula is C23H17N3O6S. The van der Waals surface area contributed by atoms with Gasteiger partial charge in [-0.25, -0.2) is 0 Å². The minimum atomic E-state index is -0.582. The summed E-state index contributed by atoms with van der Waals surface area (Å²) < 4.78 is 12.6. The van der Waals surface area contributed by atoms with Gasteiger partial charge in [-0.1, -0.05) is 41.7 Å². The normalized spacial score (nSPS) is 11.4. The molecule has 4 aromatic rings. The minimum absolute atomic E-state index is 0.103. The first-order valence-electron chi connectivity index (χ1n) is 9.72. The van der Waals surface area contributed by atoms with Crippen molar-refractivity contribution in [2.24, 2.45) is 4.99 Å². The maximum Gasteiger partial charge on any atom is 0.325 e.